The minimum atomic E-state index is 0. The van der Waals surface area contributed by atoms with E-state index in [9.17, 15) is 0 Å². The van der Waals surface area contributed by atoms with Crippen LogP contribution in [0, 0.1) is 0 Å². The zero-order chi connectivity index (χ0) is 19.9. The number of nitrogens with one attached hydrogen (secondary N) is 2. The maximum Gasteiger partial charge on any atom is 0.191 e. The second kappa shape index (κ2) is 10.7. The van der Waals surface area contributed by atoms with Crippen molar-refractivity contribution in [1.82, 2.24) is 34.8 Å². The molecule has 4 aromatic rings. The quantitative estimate of drug-likeness (QED) is 0.224. The molecule has 0 aliphatic rings. The highest BCUT2D eigenvalue weighted by Crippen LogP contribution is 2.08. The predicted octanol–water partition coefficient (Wildman–Crippen LogP) is 2.85. The summed E-state index contributed by atoms with van der Waals surface area (Å²) in [5.41, 5.74) is 3.23. The second-order valence-corrected chi connectivity index (χ2v) is 6.65. The van der Waals surface area contributed by atoms with Gasteiger partial charge in [-0.3, -0.25) is 4.40 Å². The van der Waals surface area contributed by atoms with Gasteiger partial charge >= 0.3 is 0 Å². The van der Waals surface area contributed by atoms with E-state index in [1.807, 2.05) is 41.3 Å². The van der Waals surface area contributed by atoms with Crippen LogP contribution in [0.1, 0.15) is 23.9 Å². The topological polar surface area (TPSA) is 84.4 Å². The molecule has 4 rings (SSSR count). The minimum absolute atomic E-state index is 0. The van der Waals surface area contributed by atoms with Crippen LogP contribution in [0.25, 0.3) is 5.65 Å². The Kier molecular flexibility index (Phi) is 7.77. The van der Waals surface area contributed by atoms with Crippen molar-refractivity contribution in [2.24, 2.45) is 4.99 Å². The van der Waals surface area contributed by atoms with E-state index in [1.165, 1.54) is 5.56 Å². The Bertz CT molecular complexity index is 1070. The summed E-state index contributed by atoms with van der Waals surface area (Å²) in [6, 6.07) is 14.4. The van der Waals surface area contributed by atoms with Crippen molar-refractivity contribution in [3.8, 4) is 0 Å². The Hall–Kier alpha value is -2.95. The molecule has 3 aromatic heterocycles. The number of aliphatic imine (C=N–C) groups is 1. The summed E-state index contributed by atoms with van der Waals surface area (Å²) in [6.07, 6.45) is 7.54. The Morgan fingerprint density at radius 2 is 1.83 bits per heavy atom. The predicted molar refractivity (Wildman–Crippen MR) is 128 cm³/mol. The maximum absolute atomic E-state index is 4.69. The molecule has 0 fully saturated rings. The van der Waals surface area contributed by atoms with Gasteiger partial charge in [0.2, 0.25) is 0 Å². The molecule has 0 atom stereocenters. The van der Waals surface area contributed by atoms with E-state index in [-0.39, 0.29) is 24.0 Å². The van der Waals surface area contributed by atoms with Crippen molar-refractivity contribution in [2.45, 2.75) is 26.6 Å². The first-order valence-corrected chi connectivity index (χ1v) is 9.66. The van der Waals surface area contributed by atoms with Gasteiger partial charge in [0.1, 0.15) is 0 Å². The van der Waals surface area contributed by atoms with Crippen LogP contribution < -0.4 is 10.6 Å². The summed E-state index contributed by atoms with van der Waals surface area (Å²) in [4.78, 5) is 8.77. The van der Waals surface area contributed by atoms with Crippen molar-refractivity contribution in [3.05, 3.63) is 84.3 Å². The van der Waals surface area contributed by atoms with Gasteiger partial charge in [0.15, 0.2) is 17.4 Å². The SMILES string of the molecule is CCNC(=NCc1ccc(Cn2ccnc2)cc1)NCc1nnc2ccccn12.I. The zero-order valence-corrected chi connectivity index (χ0v) is 19.1. The number of rotatable bonds is 7. The molecule has 0 saturated carbocycles. The largest absolute Gasteiger partial charge is 0.357 e. The van der Waals surface area contributed by atoms with Gasteiger partial charge in [-0.2, -0.15) is 0 Å². The van der Waals surface area contributed by atoms with Gasteiger partial charge in [-0.25, -0.2) is 9.98 Å². The van der Waals surface area contributed by atoms with Crippen LogP contribution in [0.4, 0.5) is 0 Å². The molecular formula is C21H25IN8. The van der Waals surface area contributed by atoms with Crippen LogP contribution in [0.5, 0.6) is 0 Å². The van der Waals surface area contributed by atoms with E-state index in [0.717, 1.165) is 36.1 Å². The van der Waals surface area contributed by atoms with Crippen molar-refractivity contribution < 1.29 is 0 Å². The number of guanidine groups is 1. The minimum Gasteiger partial charge on any atom is -0.357 e. The van der Waals surface area contributed by atoms with Crippen LogP contribution in [-0.4, -0.2) is 36.7 Å². The average Bonchev–Trinajstić information content (AvgIpc) is 3.41. The first-order valence-electron chi connectivity index (χ1n) is 9.66. The molecule has 2 N–H and O–H groups in total. The van der Waals surface area contributed by atoms with Gasteiger partial charge < -0.3 is 15.2 Å². The Labute approximate surface area is 192 Å². The number of hydrogen-bond acceptors (Lipinski definition) is 4. The van der Waals surface area contributed by atoms with Crippen molar-refractivity contribution >= 4 is 35.6 Å². The Morgan fingerprint density at radius 1 is 1.00 bits per heavy atom. The van der Waals surface area contributed by atoms with Gasteiger partial charge in [0, 0.05) is 31.7 Å². The molecule has 3 heterocycles. The summed E-state index contributed by atoms with van der Waals surface area (Å²) >= 11 is 0. The summed E-state index contributed by atoms with van der Waals surface area (Å²) in [5, 5.41) is 15.0. The summed E-state index contributed by atoms with van der Waals surface area (Å²) < 4.78 is 4.02. The van der Waals surface area contributed by atoms with E-state index in [2.05, 4.69) is 61.6 Å². The third-order valence-corrected chi connectivity index (χ3v) is 4.51. The highest BCUT2D eigenvalue weighted by atomic mass is 127. The molecule has 0 aliphatic carbocycles. The molecule has 156 valence electrons. The number of nitrogens with zero attached hydrogens (tertiary/aromatic N) is 6. The summed E-state index contributed by atoms with van der Waals surface area (Å²) in [5.74, 6) is 1.60. The number of halogens is 1. The van der Waals surface area contributed by atoms with E-state index >= 15 is 0 Å². The lowest BCUT2D eigenvalue weighted by molar-refractivity contribution is 0.765. The zero-order valence-electron chi connectivity index (χ0n) is 16.8. The fourth-order valence-corrected chi connectivity index (χ4v) is 3.03. The number of benzene rings is 1. The van der Waals surface area contributed by atoms with Crippen molar-refractivity contribution in [1.29, 1.82) is 0 Å². The molecule has 9 heteroatoms. The molecule has 0 saturated heterocycles. The van der Waals surface area contributed by atoms with Crippen LogP contribution >= 0.6 is 24.0 Å². The lowest BCUT2D eigenvalue weighted by Gasteiger charge is -2.11. The molecule has 30 heavy (non-hydrogen) atoms. The van der Waals surface area contributed by atoms with Crippen molar-refractivity contribution in [3.63, 3.8) is 0 Å². The maximum atomic E-state index is 4.69. The molecule has 0 bridgehead atoms. The van der Waals surface area contributed by atoms with Gasteiger partial charge in [0.25, 0.3) is 0 Å². The molecule has 0 spiro atoms. The van der Waals surface area contributed by atoms with Gasteiger partial charge in [-0.15, -0.1) is 34.2 Å². The fourth-order valence-electron chi connectivity index (χ4n) is 3.03. The van der Waals surface area contributed by atoms with E-state index in [4.69, 9.17) is 4.99 Å². The second-order valence-electron chi connectivity index (χ2n) is 6.65. The average molecular weight is 516 g/mol. The molecule has 0 radical (unpaired) electrons. The van der Waals surface area contributed by atoms with Crippen molar-refractivity contribution in [2.75, 3.05) is 6.54 Å². The third kappa shape index (κ3) is 5.56. The Balaban J connectivity index is 0.00000256. The first-order chi connectivity index (χ1) is 14.3. The third-order valence-electron chi connectivity index (χ3n) is 4.51. The monoisotopic (exact) mass is 516 g/mol. The first kappa shape index (κ1) is 21.8. The standard InChI is InChI=1S/C21H24N8.HI/c1-2-23-21(25-14-20-27-26-19-5-3-4-11-29(19)20)24-13-17-6-8-18(9-7-17)15-28-12-10-22-16-28;/h3-12,16H,2,13-15H2,1H3,(H2,23,24,25);1H. The van der Waals surface area contributed by atoms with Gasteiger partial charge in [-0.1, -0.05) is 30.3 Å². The molecular weight excluding hydrogens is 491 g/mol. The molecule has 0 aliphatic heterocycles. The number of fused-ring (bicyclic) bond motifs is 1. The fraction of sp³-hybridized carbons (Fsp3) is 0.238. The Morgan fingerprint density at radius 3 is 2.60 bits per heavy atom. The molecule has 0 unspecified atom stereocenters. The van der Waals surface area contributed by atoms with Gasteiger partial charge in [-0.05, 0) is 30.2 Å². The van der Waals surface area contributed by atoms with Crippen LogP contribution in [0.15, 0.2) is 72.4 Å². The van der Waals surface area contributed by atoms with Crippen LogP contribution in [-0.2, 0) is 19.6 Å². The summed E-state index contributed by atoms with van der Waals surface area (Å²) in [7, 11) is 0. The normalized spacial score (nSPS) is 11.3. The number of pyridine rings is 1. The smallest absolute Gasteiger partial charge is 0.191 e. The highest BCUT2D eigenvalue weighted by Gasteiger charge is 2.05. The molecule has 1 aromatic carbocycles. The van der Waals surface area contributed by atoms with Crippen LogP contribution in [0.3, 0.4) is 0 Å². The summed E-state index contributed by atoms with van der Waals surface area (Å²) in [6.45, 7) is 4.80. The van der Waals surface area contributed by atoms with E-state index in [0.29, 0.717) is 13.1 Å². The number of aromatic nitrogens is 5. The lowest BCUT2D eigenvalue weighted by atomic mass is 10.1. The number of imidazole rings is 1. The van der Waals surface area contributed by atoms with E-state index < -0.39 is 0 Å². The number of hydrogen-bond donors (Lipinski definition) is 2. The lowest BCUT2D eigenvalue weighted by Crippen LogP contribution is -2.37. The van der Waals surface area contributed by atoms with Gasteiger partial charge in [0.05, 0.1) is 19.4 Å². The molecule has 0 amide bonds. The molecule has 8 nitrogen and oxygen atoms in total. The van der Waals surface area contributed by atoms with Crippen LogP contribution in [0.2, 0.25) is 0 Å². The highest BCUT2D eigenvalue weighted by molar-refractivity contribution is 14.0. The van der Waals surface area contributed by atoms with E-state index in [1.54, 1.807) is 6.20 Å².